The lowest BCUT2D eigenvalue weighted by molar-refractivity contribution is 0.454. The van der Waals surface area contributed by atoms with Crippen molar-refractivity contribution in [2.24, 2.45) is 5.73 Å². The lowest BCUT2D eigenvalue weighted by Gasteiger charge is -2.19. The van der Waals surface area contributed by atoms with E-state index >= 15 is 0 Å². The van der Waals surface area contributed by atoms with Crippen molar-refractivity contribution in [2.45, 2.75) is 36.7 Å². The van der Waals surface area contributed by atoms with Gasteiger partial charge in [-0.1, -0.05) is 18.7 Å². The van der Waals surface area contributed by atoms with E-state index in [0.29, 0.717) is 0 Å². The Kier molecular flexibility index (Phi) is 4.38. The van der Waals surface area contributed by atoms with E-state index in [2.05, 4.69) is 16.9 Å². The van der Waals surface area contributed by atoms with E-state index in [9.17, 15) is 0 Å². The van der Waals surface area contributed by atoms with Crippen molar-refractivity contribution >= 4 is 11.8 Å². The van der Waals surface area contributed by atoms with Gasteiger partial charge >= 0.3 is 0 Å². The second-order valence-electron chi connectivity index (χ2n) is 4.09. The number of hydrogen-bond donors (Lipinski definition) is 1. The summed E-state index contributed by atoms with van der Waals surface area (Å²) in [5, 5.41) is 0.770. The van der Waals surface area contributed by atoms with E-state index in [0.717, 1.165) is 23.1 Å². The zero-order valence-corrected chi connectivity index (χ0v) is 11.4. The third kappa shape index (κ3) is 3.11. The van der Waals surface area contributed by atoms with Gasteiger partial charge in [0.05, 0.1) is 5.25 Å². The van der Waals surface area contributed by atoms with Crippen LogP contribution in [0.15, 0.2) is 40.2 Å². The molecule has 0 radical (unpaired) electrons. The second-order valence-corrected chi connectivity index (χ2v) is 5.20. The number of thioether (sulfide) groups is 1. The fourth-order valence-electron chi connectivity index (χ4n) is 1.64. The zero-order chi connectivity index (χ0) is 13.0. The van der Waals surface area contributed by atoms with Gasteiger partial charge in [0.25, 0.3) is 0 Å². The van der Waals surface area contributed by atoms with E-state index < -0.39 is 0 Å². The van der Waals surface area contributed by atoms with Gasteiger partial charge in [-0.25, -0.2) is 9.97 Å². The fraction of sp³-hybridized carbons (Fsp3) is 0.385. The quantitative estimate of drug-likeness (QED) is 0.663. The molecule has 0 aliphatic heterocycles. The molecule has 18 heavy (non-hydrogen) atoms. The summed E-state index contributed by atoms with van der Waals surface area (Å²) in [5.74, 6) is 1.78. The third-order valence-electron chi connectivity index (χ3n) is 2.68. The number of nitrogens with zero attached hydrogens (tertiary/aromatic N) is 2. The lowest BCUT2D eigenvalue weighted by atomic mass is 10.1. The summed E-state index contributed by atoms with van der Waals surface area (Å²) < 4.78 is 5.68. The standard InChI is InChI=1S/C13H17N3OS/c1-3-10(14)12(11-6-5-9(2)17-11)18-13-15-7-4-8-16-13/h4-8,10,12H,3,14H2,1-2H3. The number of furan rings is 1. The highest BCUT2D eigenvalue weighted by Gasteiger charge is 2.24. The molecule has 0 bridgehead atoms. The molecule has 5 heteroatoms. The van der Waals surface area contributed by atoms with Crippen LogP contribution in [-0.2, 0) is 0 Å². The molecule has 2 aromatic rings. The number of nitrogens with two attached hydrogens (primary N) is 1. The molecule has 96 valence electrons. The van der Waals surface area contributed by atoms with Crippen LogP contribution in [0.25, 0.3) is 0 Å². The van der Waals surface area contributed by atoms with Crippen LogP contribution in [0.4, 0.5) is 0 Å². The third-order valence-corrected chi connectivity index (χ3v) is 3.93. The van der Waals surface area contributed by atoms with Crippen molar-refractivity contribution in [3.05, 3.63) is 42.1 Å². The average molecular weight is 263 g/mol. The molecule has 0 amide bonds. The van der Waals surface area contributed by atoms with Crippen LogP contribution >= 0.6 is 11.8 Å². The van der Waals surface area contributed by atoms with Crippen molar-refractivity contribution in [1.29, 1.82) is 0 Å². The predicted molar refractivity (Wildman–Crippen MR) is 72.3 cm³/mol. The predicted octanol–water partition coefficient (Wildman–Crippen LogP) is 2.95. The Morgan fingerprint density at radius 3 is 2.61 bits per heavy atom. The molecule has 2 aromatic heterocycles. The first kappa shape index (κ1) is 13.1. The van der Waals surface area contributed by atoms with Gasteiger partial charge in [0.2, 0.25) is 0 Å². The molecule has 0 saturated carbocycles. The SMILES string of the molecule is CCC(N)C(Sc1ncccn1)c1ccc(C)o1. The topological polar surface area (TPSA) is 64.9 Å². The minimum absolute atomic E-state index is 0.0179. The molecular weight excluding hydrogens is 246 g/mol. The van der Waals surface area contributed by atoms with E-state index in [4.69, 9.17) is 10.2 Å². The van der Waals surface area contributed by atoms with Crippen LogP contribution < -0.4 is 5.73 Å². The highest BCUT2D eigenvalue weighted by atomic mass is 32.2. The molecule has 0 aromatic carbocycles. The molecule has 2 rings (SSSR count). The summed E-state index contributed by atoms with van der Waals surface area (Å²) in [6.07, 6.45) is 4.35. The van der Waals surface area contributed by atoms with Crippen LogP contribution in [0.3, 0.4) is 0 Å². The van der Waals surface area contributed by atoms with Gasteiger partial charge in [0.15, 0.2) is 5.16 Å². The van der Waals surface area contributed by atoms with Crippen molar-refractivity contribution in [2.75, 3.05) is 0 Å². The minimum Gasteiger partial charge on any atom is -0.465 e. The van der Waals surface area contributed by atoms with E-state index in [-0.39, 0.29) is 11.3 Å². The van der Waals surface area contributed by atoms with Crippen LogP contribution in [0.2, 0.25) is 0 Å². The highest BCUT2D eigenvalue weighted by Crippen LogP contribution is 2.36. The molecule has 0 aliphatic carbocycles. The summed E-state index contributed by atoms with van der Waals surface area (Å²) >= 11 is 1.55. The van der Waals surface area contributed by atoms with Crippen LogP contribution in [-0.4, -0.2) is 16.0 Å². The maximum absolute atomic E-state index is 6.17. The summed E-state index contributed by atoms with van der Waals surface area (Å²) in [7, 11) is 0. The van der Waals surface area contributed by atoms with E-state index in [1.54, 1.807) is 30.2 Å². The van der Waals surface area contributed by atoms with E-state index in [1.165, 1.54) is 0 Å². The molecule has 2 N–H and O–H groups in total. The normalized spacial score (nSPS) is 14.4. The van der Waals surface area contributed by atoms with Crippen LogP contribution in [0, 0.1) is 6.92 Å². The van der Waals surface area contributed by atoms with E-state index in [1.807, 2.05) is 19.1 Å². The Morgan fingerprint density at radius 2 is 2.06 bits per heavy atom. The first-order chi connectivity index (χ1) is 8.70. The van der Waals surface area contributed by atoms with Crippen molar-refractivity contribution in [1.82, 2.24) is 9.97 Å². The van der Waals surface area contributed by atoms with Crippen LogP contribution in [0.5, 0.6) is 0 Å². The Labute approximate surface area is 111 Å². The summed E-state index contributed by atoms with van der Waals surface area (Å²) in [5.41, 5.74) is 6.17. The van der Waals surface area contributed by atoms with Crippen molar-refractivity contribution in [3.63, 3.8) is 0 Å². The smallest absolute Gasteiger partial charge is 0.188 e. The first-order valence-electron chi connectivity index (χ1n) is 5.96. The molecule has 0 spiro atoms. The number of hydrogen-bond acceptors (Lipinski definition) is 5. The van der Waals surface area contributed by atoms with Gasteiger partial charge in [0.1, 0.15) is 11.5 Å². The number of aromatic nitrogens is 2. The average Bonchev–Trinajstić information content (AvgIpc) is 2.83. The molecule has 2 unspecified atom stereocenters. The number of rotatable bonds is 5. The Hall–Kier alpha value is -1.33. The van der Waals surface area contributed by atoms with Gasteiger partial charge in [-0.2, -0.15) is 0 Å². The first-order valence-corrected chi connectivity index (χ1v) is 6.84. The van der Waals surface area contributed by atoms with Crippen LogP contribution in [0.1, 0.15) is 30.1 Å². The summed E-state index contributed by atoms with van der Waals surface area (Å²) in [6, 6.07) is 5.75. The Morgan fingerprint density at radius 1 is 1.33 bits per heavy atom. The Bertz CT molecular complexity index is 486. The minimum atomic E-state index is 0.0179. The summed E-state index contributed by atoms with van der Waals surface area (Å²) in [4.78, 5) is 8.44. The lowest BCUT2D eigenvalue weighted by Crippen LogP contribution is -2.25. The molecular formula is C13H17N3OS. The zero-order valence-electron chi connectivity index (χ0n) is 10.5. The number of aryl methyl sites for hydroxylation is 1. The van der Waals surface area contributed by atoms with Crippen molar-refractivity contribution < 1.29 is 4.42 Å². The Balaban J connectivity index is 2.21. The molecule has 0 aliphatic rings. The molecule has 4 nitrogen and oxygen atoms in total. The highest BCUT2D eigenvalue weighted by molar-refractivity contribution is 7.99. The molecule has 0 fully saturated rings. The molecule has 0 saturated heterocycles. The van der Waals surface area contributed by atoms with Gasteiger partial charge in [0, 0.05) is 18.4 Å². The largest absolute Gasteiger partial charge is 0.465 e. The van der Waals surface area contributed by atoms with Gasteiger partial charge in [-0.15, -0.1) is 0 Å². The summed E-state index contributed by atoms with van der Waals surface area (Å²) in [6.45, 7) is 4.00. The van der Waals surface area contributed by atoms with Crippen molar-refractivity contribution in [3.8, 4) is 0 Å². The maximum Gasteiger partial charge on any atom is 0.188 e. The van der Waals surface area contributed by atoms with Gasteiger partial charge < -0.3 is 10.2 Å². The monoisotopic (exact) mass is 263 g/mol. The maximum atomic E-state index is 6.17. The van der Waals surface area contributed by atoms with Gasteiger partial charge in [-0.3, -0.25) is 0 Å². The molecule has 2 atom stereocenters. The fourth-order valence-corrected chi connectivity index (χ4v) is 2.72. The van der Waals surface area contributed by atoms with Gasteiger partial charge in [-0.05, 0) is 31.5 Å². The second kappa shape index (κ2) is 6.02. The molecule has 2 heterocycles.